The van der Waals surface area contributed by atoms with E-state index in [0.717, 1.165) is 39.3 Å². The molecular formula is C28H26N4O2. The molecule has 3 N–H and O–H groups in total. The quantitative estimate of drug-likeness (QED) is 0.422. The van der Waals surface area contributed by atoms with E-state index in [0.29, 0.717) is 18.7 Å². The number of nitrogens with two attached hydrogens (primary N) is 1. The van der Waals surface area contributed by atoms with Crippen LogP contribution in [0.15, 0.2) is 78.9 Å². The van der Waals surface area contributed by atoms with Crippen molar-refractivity contribution in [1.29, 1.82) is 0 Å². The van der Waals surface area contributed by atoms with Crippen LogP contribution >= 0.6 is 0 Å². The van der Waals surface area contributed by atoms with Gasteiger partial charge in [0.2, 0.25) is 5.91 Å². The van der Waals surface area contributed by atoms with Crippen molar-refractivity contribution in [2.45, 2.75) is 32.2 Å². The molecule has 6 heteroatoms. The van der Waals surface area contributed by atoms with Gasteiger partial charge in [0.05, 0.1) is 11.4 Å². The number of aryl methyl sites for hydroxylation is 1. The van der Waals surface area contributed by atoms with Gasteiger partial charge in [-0.05, 0) is 53.4 Å². The van der Waals surface area contributed by atoms with Gasteiger partial charge in [-0.15, -0.1) is 0 Å². The van der Waals surface area contributed by atoms with Crippen LogP contribution in [0, 0.1) is 6.92 Å². The minimum Gasteiger partial charge on any atom is -0.326 e. The SMILES string of the molecule is Cc1cc(C(=O)Cc2cccc(C3CC(=O)Nc4ccccc43)c2)n(-c2cccc(CN)c2)n1. The van der Waals surface area contributed by atoms with E-state index in [4.69, 9.17) is 5.73 Å². The maximum Gasteiger partial charge on any atom is 0.225 e. The topological polar surface area (TPSA) is 90.0 Å². The molecule has 170 valence electrons. The van der Waals surface area contributed by atoms with E-state index in [9.17, 15) is 9.59 Å². The summed E-state index contributed by atoms with van der Waals surface area (Å²) in [5, 5.41) is 7.50. The smallest absolute Gasteiger partial charge is 0.225 e. The zero-order chi connectivity index (χ0) is 23.7. The fourth-order valence-electron chi connectivity index (χ4n) is 4.61. The molecule has 0 radical (unpaired) electrons. The van der Waals surface area contributed by atoms with E-state index < -0.39 is 0 Å². The normalized spacial score (nSPS) is 15.0. The zero-order valence-electron chi connectivity index (χ0n) is 19.0. The standard InChI is InChI=1S/C28H26N4O2/c1-18-12-26(32(31-18)22-9-5-7-20(14-22)17-29)27(33)15-19-6-4-8-21(13-19)24-16-28(34)30-25-11-3-2-10-23(24)25/h2-14,24H,15-17,29H2,1H3,(H,30,34). The molecule has 1 aromatic heterocycles. The van der Waals surface area contributed by atoms with E-state index in [-0.39, 0.29) is 24.0 Å². The molecule has 1 atom stereocenters. The molecule has 1 aliphatic rings. The molecular weight excluding hydrogens is 424 g/mol. The summed E-state index contributed by atoms with van der Waals surface area (Å²) in [5.41, 5.74) is 12.8. The number of anilines is 1. The number of benzene rings is 3. The summed E-state index contributed by atoms with van der Waals surface area (Å²) in [6, 6.07) is 25.4. The molecule has 0 bridgehead atoms. The van der Waals surface area contributed by atoms with Crippen LogP contribution in [-0.4, -0.2) is 21.5 Å². The number of hydrogen-bond donors (Lipinski definition) is 2. The van der Waals surface area contributed by atoms with Crippen LogP contribution in [0.3, 0.4) is 0 Å². The number of carbonyl (C=O) groups excluding carboxylic acids is 2. The van der Waals surface area contributed by atoms with Crippen molar-refractivity contribution in [2.75, 3.05) is 5.32 Å². The first-order chi connectivity index (χ1) is 16.5. The van der Waals surface area contributed by atoms with Gasteiger partial charge in [-0.3, -0.25) is 9.59 Å². The number of fused-ring (bicyclic) bond motifs is 1. The highest BCUT2D eigenvalue weighted by Gasteiger charge is 2.26. The summed E-state index contributed by atoms with van der Waals surface area (Å²) < 4.78 is 1.70. The lowest BCUT2D eigenvalue weighted by Gasteiger charge is -2.26. The first-order valence-electron chi connectivity index (χ1n) is 11.4. The summed E-state index contributed by atoms with van der Waals surface area (Å²) in [5.74, 6) is -0.0475. The number of nitrogens with zero attached hydrogens (tertiary/aromatic N) is 2. The van der Waals surface area contributed by atoms with Crippen molar-refractivity contribution in [3.05, 3.63) is 113 Å². The van der Waals surface area contributed by atoms with Crippen molar-refractivity contribution < 1.29 is 9.59 Å². The van der Waals surface area contributed by atoms with Crippen LogP contribution in [0.4, 0.5) is 5.69 Å². The highest BCUT2D eigenvalue weighted by atomic mass is 16.1. The largest absolute Gasteiger partial charge is 0.326 e. The van der Waals surface area contributed by atoms with Gasteiger partial charge < -0.3 is 11.1 Å². The molecule has 1 unspecified atom stereocenters. The lowest BCUT2D eigenvalue weighted by molar-refractivity contribution is -0.116. The monoisotopic (exact) mass is 450 g/mol. The van der Waals surface area contributed by atoms with Gasteiger partial charge in [-0.2, -0.15) is 5.10 Å². The summed E-state index contributed by atoms with van der Waals surface area (Å²) >= 11 is 0. The molecule has 5 rings (SSSR count). The Morgan fingerprint density at radius 3 is 2.68 bits per heavy atom. The first-order valence-corrected chi connectivity index (χ1v) is 11.4. The molecule has 0 saturated heterocycles. The lowest BCUT2D eigenvalue weighted by atomic mass is 9.84. The summed E-state index contributed by atoms with van der Waals surface area (Å²) in [4.78, 5) is 25.7. The summed E-state index contributed by atoms with van der Waals surface area (Å²) in [6.07, 6.45) is 0.633. The average molecular weight is 451 g/mol. The Labute approximate surface area is 198 Å². The zero-order valence-corrected chi connectivity index (χ0v) is 19.0. The molecule has 0 aliphatic carbocycles. The molecule has 1 amide bonds. The molecule has 0 fully saturated rings. The maximum atomic E-state index is 13.4. The van der Waals surface area contributed by atoms with E-state index in [2.05, 4.69) is 10.4 Å². The number of hydrogen-bond acceptors (Lipinski definition) is 4. The number of Topliss-reactive ketones (excluding diaryl/α,β-unsaturated/α-hetero) is 1. The van der Waals surface area contributed by atoms with Crippen LogP contribution in [0.1, 0.15) is 50.8 Å². The number of carbonyl (C=O) groups is 2. The van der Waals surface area contributed by atoms with Crippen molar-refractivity contribution in [3.8, 4) is 5.69 Å². The Morgan fingerprint density at radius 1 is 1.03 bits per heavy atom. The highest BCUT2D eigenvalue weighted by molar-refractivity contribution is 5.97. The Morgan fingerprint density at radius 2 is 1.82 bits per heavy atom. The predicted molar refractivity (Wildman–Crippen MR) is 132 cm³/mol. The van der Waals surface area contributed by atoms with Crippen LogP contribution in [-0.2, 0) is 17.8 Å². The minimum absolute atomic E-state index is 0.00395. The van der Waals surface area contributed by atoms with E-state index in [1.807, 2.05) is 85.8 Å². The summed E-state index contributed by atoms with van der Waals surface area (Å²) in [7, 11) is 0. The number of aromatic nitrogens is 2. The Bertz CT molecular complexity index is 1390. The molecule has 34 heavy (non-hydrogen) atoms. The molecule has 2 heterocycles. The number of para-hydroxylation sites is 1. The lowest BCUT2D eigenvalue weighted by Crippen LogP contribution is -2.23. The van der Waals surface area contributed by atoms with Crippen molar-refractivity contribution >= 4 is 17.4 Å². The number of rotatable bonds is 6. The predicted octanol–water partition coefficient (Wildman–Crippen LogP) is 4.54. The second-order valence-electron chi connectivity index (χ2n) is 8.69. The highest BCUT2D eigenvalue weighted by Crippen LogP contribution is 2.37. The first kappa shape index (κ1) is 21.8. The molecule has 1 aliphatic heterocycles. The second kappa shape index (κ2) is 9.08. The van der Waals surface area contributed by atoms with Crippen molar-refractivity contribution in [3.63, 3.8) is 0 Å². The van der Waals surface area contributed by atoms with Gasteiger partial charge in [-0.1, -0.05) is 54.6 Å². The third-order valence-corrected chi connectivity index (χ3v) is 6.23. The maximum absolute atomic E-state index is 13.4. The van der Waals surface area contributed by atoms with Crippen molar-refractivity contribution in [1.82, 2.24) is 9.78 Å². The number of amides is 1. The Hall–Kier alpha value is -4.03. The minimum atomic E-state index is -0.0354. The van der Waals surface area contributed by atoms with Gasteiger partial charge in [0.15, 0.2) is 5.78 Å². The summed E-state index contributed by atoms with van der Waals surface area (Å²) in [6.45, 7) is 2.30. The molecule has 6 nitrogen and oxygen atoms in total. The molecule has 4 aromatic rings. The van der Waals surface area contributed by atoms with E-state index in [1.165, 1.54) is 0 Å². The van der Waals surface area contributed by atoms with Crippen LogP contribution in [0.5, 0.6) is 0 Å². The third-order valence-electron chi connectivity index (χ3n) is 6.23. The third kappa shape index (κ3) is 4.28. The van der Waals surface area contributed by atoms with Crippen LogP contribution in [0.2, 0.25) is 0 Å². The molecule has 3 aromatic carbocycles. The van der Waals surface area contributed by atoms with E-state index >= 15 is 0 Å². The fourth-order valence-corrected chi connectivity index (χ4v) is 4.61. The van der Waals surface area contributed by atoms with Crippen LogP contribution in [0.25, 0.3) is 5.69 Å². The molecule has 0 spiro atoms. The van der Waals surface area contributed by atoms with Crippen LogP contribution < -0.4 is 11.1 Å². The number of ketones is 1. The van der Waals surface area contributed by atoms with Gasteiger partial charge in [0.25, 0.3) is 0 Å². The van der Waals surface area contributed by atoms with Gasteiger partial charge in [-0.25, -0.2) is 4.68 Å². The average Bonchev–Trinajstić information content (AvgIpc) is 3.25. The Balaban J connectivity index is 1.44. The fraction of sp³-hybridized carbons (Fsp3) is 0.179. The van der Waals surface area contributed by atoms with Crippen molar-refractivity contribution in [2.24, 2.45) is 5.73 Å². The second-order valence-corrected chi connectivity index (χ2v) is 8.69. The number of nitrogens with one attached hydrogen (secondary N) is 1. The van der Waals surface area contributed by atoms with Gasteiger partial charge >= 0.3 is 0 Å². The molecule has 0 saturated carbocycles. The van der Waals surface area contributed by atoms with Gasteiger partial charge in [0.1, 0.15) is 5.69 Å². The van der Waals surface area contributed by atoms with Gasteiger partial charge in [0, 0.05) is 31.0 Å². The Kier molecular flexibility index (Phi) is 5.82. The van der Waals surface area contributed by atoms with E-state index in [1.54, 1.807) is 4.68 Å².